The van der Waals surface area contributed by atoms with Crippen molar-refractivity contribution in [2.75, 3.05) is 0 Å². The minimum atomic E-state index is 0.0318. The molecule has 5 heteroatoms. The second-order valence-corrected chi connectivity index (χ2v) is 5.03. The third-order valence-electron chi connectivity index (χ3n) is 3.39. The van der Waals surface area contributed by atoms with Crippen LogP contribution in [0.1, 0.15) is 18.9 Å². The number of nitrogens with zero attached hydrogens (tertiary/aromatic N) is 4. The van der Waals surface area contributed by atoms with Crippen LogP contribution < -0.4 is 5.69 Å². The van der Waals surface area contributed by atoms with Gasteiger partial charge >= 0.3 is 5.69 Å². The van der Waals surface area contributed by atoms with E-state index < -0.39 is 0 Å². The second kappa shape index (κ2) is 5.83. The molecule has 0 N–H and O–H groups in total. The SMILES string of the molecule is CCCn1ccn(Cc2cnn(-c3ccccc3)c2)c1=O. The van der Waals surface area contributed by atoms with Gasteiger partial charge in [-0.3, -0.25) is 9.13 Å². The van der Waals surface area contributed by atoms with Crippen LogP contribution in [0.3, 0.4) is 0 Å². The maximum absolute atomic E-state index is 12.1. The largest absolute Gasteiger partial charge is 0.328 e. The molecule has 2 aromatic heterocycles. The van der Waals surface area contributed by atoms with Gasteiger partial charge in [0.05, 0.1) is 18.4 Å². The topological polar surface area (TPSA) is 44.8 Å². The molecule has 1 aromatic carbocycles. The fraction of sp³-hybridized carbons (Fsp3) is 0.250. The maximum Gasteiger partial charge on any atom is 0.328 e. The summed E-state index contributed by atoms with van der Waals surface area (Å²) in [6.07, 6.45) is 8.39. The Labute approximate surface area is 123 Å². The van der Waals surface area contributed by atoms with Gasteiger partial charge in [-0.15, -0.1) is 0 Å². The van der Waals surface area contributed by atoms with Crippen LogP contribution in [-0.4, -0.2) is 18.9 Å². The molecule has 5 nitrogen and oxygen atoms in total. The molecule has 0 aliphatic rings. The summed E-state index contributed by atoms with van der Waals surface area (Å²) in [6.45, 7) is 3.37. The van der Waals surface area contributed by atoms with Crippen LogP contribution in [0.25, 0.3) is 5.69 Å². The molecular weight excluding hydrogens is 264 g/mol. The van der Waals surface area contributed by atoms with Gasteiger partial charge < -0.3 is 0 Å². The van der Waals surface area contributed by atoms with Crippen LogP contribution in [0.4, 0.5) is 0 Å². The Morgan fingerprint density at radius 2 is 1.86 bits per heavy atom. The van der Waals surface area contributed by atoms with E-state index in [0.29, 0.717) is 6.54 Å². The minimum Gasteiger partial charge on any atom is -0.299 e. The summed E-state index contributed by atoms with van der Waals surface area (Å²) in [5.41, 5.74) is 2.05. The van der Waals surface area contributed by atoms with Gasteiger partial charge in [-0.25, -0.2) is 9.48 Å². The summed E-state index contributed by atoms with van der Waals surface area (Å²) in [5.74, 6) is 0. The average molecular weight is 282 g/mol. The van der Waals surface area contributed by atoms with E-state index >= 15 is 0 Å². The molecule has 3 rings (SSSR count). The summed E-state index contributed by atoms with van der Waals surface area (Å²) in [4.78, 5) is 12.1. The Hall–Kier alpha value is -2.56. The molecule has 2 heterocycles. The van der Waals surface area contributed by atoms with Crippen molar-refractivity contribution >= 4 is 0 Å². The quantitative estimate of drug-likeness (QED) is 0.720. The third kappa shape index (κ3) is 2.81. The van der Waals surface area contributed by atoms with Crippen LogP contribution in [0.2, 0.25) is 0 Å². The van der Waals surface area contributed by atoms with Crippen molar-refractivity contribution in [3.8, 4) is 5.69 Å². The van der Waals surface area contributed by atoms with Gasteiger partial charge in [0.15, 0.2) is 0 Å². The van der Waals surface area contributed by atoms with Gasteiger partial charge in [-0.05, 0) is 18.6 Å². The molecular formula is C16H18N4O. The maximum atomic E-state index is 12.1. The standard InChI is InChI=1S/C16H18N4O/c1-2-8-18-9-10-19(16(18)21)12-14-11-17-20(13-14)15-6-4-3-5-7-15/h3-7,9-11,13H,2,8,12H2,1H3. The van der Waals surface area contributed by atoms with Gasteiger partial charge in [0, 0.05) is 30.7 Å². The lowest BCUT2D eigenvalue weighted by Gasteiger charge is -2.00. The first-order valence-corrected chi connectivity index (χ1v) is 7.12. The van der Waals surface area contributed by atoms with E-state index in [1.54, 1.807) is 15.3 Å². The molecule has 0 unspecified atom stereocenters. The molecule has 0 fully saturated rings. The molecule has 0 saturated heterocycles. The monoisotopic (exact) mass is 282 g/mol. The molecule has 0 amide bonds. The van der Waals surface area contributed by atoms with Crippen LogP contribution in [0.5, 0.6) is 0 Å². The normalized spacial score (nSPS) is 10.9. The first-order chi connectivity index (χ1) is 10.3. The predicted octanol–water partition coefficient (Wildman–Crippen LogP) is 2.29. The number of hydrogen-bond acceptors (Lipinski definition) is 2. The number of aromatic nitrogens is 4. The highest BCUT2D eigenvalue weighted by atomic mass is 16.1. The second-order valence-electron chi connectivity index (χ2n) is 5.03. The summed E-state index contributed by atoms with van der Waals surface area (Å²) in [7, 11) is 0. The van der Waals surface area contributed by atoms with Crippen LogP contribution in [0, 0.1) is 0 Å². The zero-order chi connectivity index (χ0) is 14.7. The van der Waals surface area contributed by atoms with Gasteiger partial charge in [-0.1, -0.05) is 25.1 Å². The van der Waals surface area contributed by atoms with Crippen molar-refractivity contribution in [2.24, 2.45) is 0 Å². The molecule has 21 heavy (non-hydrogen) atoms. The number of hydrogen-bond donors (Lipinski definition) is 0. The summed E-state index contributed by atoms with van der Waals surface area (Å²) < 4.78 is 5.27. The fourth-order valence-corrected chi connectivity index (χ4v) is 2.35. The van der Waals surface area contributed by atoms with Crippen LogP contribution in [0.15, 0.2) is 59.9 Å². The Bertz CT molecular complexity index is 767. The van der Waals surface area contributed by atoms with Crippen molar-refractivity contribution in [1.82, 2.24) is 18.9 Å². The molecule has 0 radical (unpaired) electrons. The van der Waals surface area contributed by atoms with E-state index in [4.69, 9.17) is 0 Å². The third-order valence-corrected chi connectivity index (χ3v) is 3.39. The first-order valence-electron chi connectivity index (χ1n) is 7.12. The smallest absolute Gasteiger partial charge is 0.299 e. The number of para-hydroxylation sites is 1. The molecule has 0 bridgehead atoms. The molecule has 3 aromatic rings. The number of rotatable bonds is 5. The highest BCUT2D eigenvalue weighted by Crippen LogP contribution is 2.08. The van der Waals surface area contributed by atoms with Crippen molar-refractivity contribution < 1.29 is 0 Å². The lowest BCUT2D eigenvalue weighted by atomic mass is 10.3. The lowest BCUT2D eigenvalue weighted by molar-refractivity contribution is 0.624. The van der Waals surface area contributed by atoms with Crippen LogP contribution >= 0.6 is 0 Å². The number of aryl methyl sites for hydroxylation is 1. The molecule has 0 atom stereocenters. The van der Waals surface area contributed by atoms with E-state index in [9.17, 15) is 4.79 Å². The number of benzene rings is 1. The van der Waals surface area contributed by atoms with E-state index in [1.165, 1.54) is 0 Å². The average Bonchev–Trinajstić information content (AvgIpc) is 3.11. The van der Waals surface area contributed by atoms with Crippen molar-refractivity contribution in [3.63, 3.8) is 0 Å². The van der Waals surface area contributed by atoms with Crippen molar-refractivity contribution in [3.05, 3.63) is 71.2 Å². The molecule has 0 spiro atoms. The minimum absolute atomic E-state index is 0.0318. The zero-order valence-corrected chi connectivity index (χ0v) is 12.0. The summed E-state index contributed by atoms with van der Waals surface area (Å²) >= 11 is 0. The van der Waals surface area contributed by atoms with Gasteiger partial charge in [0.2, 0.25) is 0 Å². The van der Waals surface area contributed by atoms with E-state index in [-0.39, 0.29) is 5.69 Å². The predicted molar refractivity (Wildman–Crippen MR) is 81.6 cm³/mol. The van der Waals surface area contributed by atoms with Gasteiger partial charge in [0.1, 0.15) is 0 Å². The van der Waals surface area contributed by atoms with E-state index in [0.717, 1.165) is 24.2 Å². The Morgan fingerprint density at radius 3 is 2.62 bits per heavy atom. The van der Waals surface area contributed by atoms with Gasteiger partial charge in [-0.2, -0.15) is 5.10 Å². The highest BCUT2D eigenvalue weighted by molar-refractivity contribution is 5.30. The van der Waals surface area contributed by atoms with Crippen molar-refractivity contribution in [1.29, 1.82) is 0 Å². The van der Waals surface area contributed by atoms with Gasteiger partial charge in [0.25, 0.3) is 0 Å². The summed E-state index contributed by atoms with van der Waals surface area (Å²) in [6, 6.07) is 9.93. The first kappa shape index (κ1) is 13.4. The molecule has 0 aliphatic carbocycles. The number of imidazole rings is 1. The zero-order valence-electron chi connectivity index (χ0n) is 12.0. The lowest BCUT2D eigenvalue weighted by Crippen LogP contribution is -2.24. The Morgan fingerprint density at radius 1 is 1.10 bits per heavy atom. The Kier molecular flexibility index (Phi) is 3.73. The van der Waals surface area contributed by atoms with E-state index in [2.05, 4.69) is 12.0 Å². The molecule has 0 aliphatic heterocycles. The van der Waals surface area contributed by atoms with Crippen molar-refractivity contribution in [2.45, 2.75) is 26.4 Å². The fourth-order valence-electron chi connectivity index (χ4n) is 2.35. The molecule has 108 valence electrons. The highest BCUT2D eigenvalue weighted by Gasteiger charge is 2.05. The Balaban J connectivity index is 1.80. The van der Waals surface area contributed by atoms with E-state index in [1.807, 2.05) is 53.6 Å². The van der Waals surface area contributed by atoms with Crippen LogP contribution in [-0.2, 0) is 13.1 Å². The molecule has 0 saturated carbocycles. The summed E-state index contributed by atoms with van der Waals surface area (Å²) in [5, 5.41) is 4.35.